The molecule has 0 fully saturated rings. The first-order valence-electron chi connectivity index (χ1n) is 6.25. The summed E-state index contributed by atoms with van der Waals surface area (Å²) in [5.41, 5.74) is 7.49. The number of para-hydroxylation sites is 1. The van der Waals surface area contributed by atoms with Crippen molar-refractivity contribution in [2.24, 2.45) is 0 Å². The largest absolute Gasteiger partial charge is 0.397 e. The summed E-state index contributed by atoms with van der Waals surface area (Å²) >= 11 is 4.51. The number of nitrogens with two attached hydrogens (primary N) is 1. The number of rotatable bonds is 3. The second kappa shape index (κ2) is 5.46. The van der Waals surface area contributed by atoms with E-state index in [9.17, 15) is 4.79 Å². The number of anilines is 1. The number of nitrogens with zero attached hydrogens (tertiary/aromatic N) is 1. The molecule has 6 heteroatoms. The first kappa shape index (κ1) is 14.0. The molecule has 1 amide bonds. The van der Waals surface area contributed by atoms with Crippen LogP contribution in [0.4, 0.5) is 5.69 Å². The first-order chi connectivity index (χ1) is 10.1. The molecule has 0 saturated carbocycles. The number of amides is 1. The number of hydrogen-bond donors (Lipinski definition) is 2. The van der Waals surface area contributed by atoms with Gasteiger partial charge in [-0.25, -0.2) is 4.98 Å². The SMILES string of the molecule is C=C(Br)CNC(=O)c1sc2nc3ccccc3cc2c1N. The van der Waals surface area contributed by atoms with E-state index in [4.69, 9.17) is 5.73 Å². The first-order valence-corrected chi connectivity index (χ1v) is 7.86. The van der Waals surface area contributed by atoms with E-state index in [1.165, 1.54) is 11.3 Å². The number of aromatic nitrogens is 1. The van der Waals surface area contributed by atoms with Crippen molar-refractivity contribution >= 4 is 60.0 Å². The number of thiophene rings is 1. The zero-order valence-corrected chi connectivity index (χ0v) is 13.4. The normalized spacial score (nSPS) is 10.9. The highest BCUT2D eigenvalue weighted by Gasteiger charge is 2.17. The highest BCUT2D eigenvalue weighted by atomic mass is 79.9. The van der Waals surface area contributed by atoms with Crippen LogP contribution < -0.4 is 11.1 Å². The molecule has 0 unspecified atom stereocenters. The molecule has 0 aliphatic rings. The molecule has 106 valence electrons. The fraction of sp³-hybridized carbons (Fsp3) is 0.0667. The van der Waals surface area contributed by atoms with Crippen molar-refractivity contribution < 1.29 is 4.79 Å². The van der Waals surface area contributed by atoms with Gasteiger partial charge in [-0.05, 0) is 12.1 Å². The van der Waals surface area contributed by atoms with Gasteiger partial charge in [-0.2, -0.15) is 0 Å². The molecule has 1 aromatic carbocycles. The Hall–Kier alpha value is -1.92. The van der Waals surface area contributed by atoms with Crippen LogP contribution in [0, 0.1) is 0 Å². The van der Waals surface area contributed by atoms with Gasteiger partial charge in [0.15, 0.2) is 0 Å². The van der Waals surface area contributed by atoms with Gasteiger partial charge in [0.2, 0.25) is 0 Å². The maximum absolute atomic E-state index is 12.2. The van der Waals surface area contributed by atoms with Crippen molar-refractivity contribution in [2.45, 2.75) is 0 Å². The molecule has 3 N–H and O–H groups in total. The van der Waals surface area contributed by atoms with E-state index >= 15 is 0 Å². The van der Waals surface area contributed by atoms with Crippen molar-refractivity contribution in [1.29, 1.82) is 0 Å². The molecular formula is C15H12BrN3OS. The number of nitrogen functional groups attached to an aromatic ring is 1. The Labute approximate surface area is 133 Å². The van der Waals surface area contributed by atoms with Gasteiger partial charge < -0.3 is 11.1 Å². The number of benzene rings is 1. The Bertz CT molecular complexity index is 872. The Morgan fingerprint density at radius 1 is 1.43 bits per heavy atom. The lowest BCUT2D eigenvalue weighted by atomic mass is 10.1. The van der Waals surface area contributed by atoms with Crippen LogP contribution in [-0.2, 0) is 0 Å². The van der Waals surface area contributed by atoms with Crippen molar-refractivity contribution in [2.75, 3.05) is 12.3 Å². The third kappa shape index (κ3) is 2.64. The maximum Gasteiger partial charge on any atom is 0.263 e. The van der Waals surface area contributed by atoms with E-state index in [-0.39, 0.29) is 5.91 Å². The maximum atomic E-state index is 12.2. The number of nitrogens with one attached hydrogen (secondary N) is 1. The number of fused-ring (bicyclic) bond motifs is 2. The van der Waals surface area contributed by atoms with Crippen LogP contribution in [0.15, 0.2) is 41.4 Å². The lowest BCUT2D eigenvalue weighted by Crippen LogP contribution is -2.24. The lowest BCUT2D eigenvalue weighted by molar-refractivity contribution is 0.0962. The minimum Gasteiger partial charge on any atom is -0.397 e. The number of pyridine rings is 1. The van der Waals surface area contributed by atoms with Crippen LogP contribution >= 0.6 is 27.3 Å². The van der Waals surface area contributed by atoms with Crippen LogP contribution in [0.2, 0.25) is 0 Å². The van der Waals surface area contributed by atoms with Gasteiger partial charge in [-0.1, -0.05) is 40.7 Å². The molecule has 0 aliphatic carbocycles. The summed E-state index contributed by atoms with van der Waals surface area (Å²) < 4.78 is 0.708. The molecule has 0 radical (unpaired) electrons. The smallest absolute Gasteiger partial charge is 0.263 e. The Morgan fingerprint density at radius 2 is 2.19 bits per heavy atom. The third-order valence-corrected chi connectivity index (χ3v) is 4.46. The van der Waals surface area contributed by atoms with E-state index in [2.05, 4.69) is 32.8 Å². The highest BCUT2D eigenvalue weighted by molar-refractivity contribution is 9.11. The molecule has 2 heterocycles. The van der Waals surface area contributed by atoms with Crippen LogP contribution in [0.3, 0.4) is 0 Å². The molecule has 4 nitrogen and oxygen atoms in total. The molecule has 3 rings (SSSR count). The van der Waals surface area contributed by atoms with Gasteiger partial charge in [0.05, 0.1) is 11.2 Å². The van der Waals surface area contributed by atoms with E-state index in [1.54, 1.807) is 0 Å². The average Bonchev–Trinajstić information content (AvgIpc) is 2.79. The second-order valence-electron chi connectivity index (χ2n) is 4.58. The Balaban J connectivity index is 2.08. The summed E-state index contributed by atoms with van der Waals surface area (Å²) in [4.78, 5) is 18.0. The predicted molar refractivity (Wildman–Crippen MR) is 91.9 cm³/mol. The summed E-state index contributed by atoms with van der Waals surface area (Å²) in [6.45, 7) is 4.05. The summed E-state index contributed by atoms with van der Waals surface area (Å²) in [6, 6.07) is 9.79. The van der Waals surface area contributed by atoms with Gasteiger partial charge in [0.25, 0.3) is 5.91 Å². The topological polar surface area (TPSA) is 68.0 Å². The number of carbonyl (C=O) groups is 1. The van der Waals surface area contributed by atoms with E-state index in [0.29, 0.717) is 21.6 Å². The molecule has 0 aliphatic heterocycles. The second-order valence-corrected chi connectivity index (χ2v) is 6.70. The Kier molecular flexibility index (Phi) is 3.65. The monoisotopic (exact) mass is 361 g/mol. The summed E-state index contributed by atoms with van der Waals surface area (Å²) in [6.07, 6.45) is 0. The van der Waals surface area contributed by atoms with Gasteiger partial charge >= 0.3 is 0 Å². The minimum atomic E-state index is -0.208. The summed E-state index contributed by atoms with van der Waals surface area (Å²) in [7, 11) is 0. The van der Waals surface area contributed by atoms with Crippen molar-refractivity contribution in [3.8, 4) is 0 Å². The molecule has 21 heavy (non-hydrogen) atoms. The molecule has 3 aromatic rings. The summed E-state index contributed by atoms with van der Waals surface area (Å²) in [5, 5.41) is 4.59. The van der Waals surface area contributed by atoms with Gasteiger partial charge in [0.1, 0.15) is 9.71 Å². The lowest BCUT2D eigenvalue weighted by Gasteiger charge is -2.02. The van der Waals surface area contributed by atoms with Gasteiger partial charge in [0, 0.05) is 21.8 Å². The fourth-order valence-corrected chi connectivity index (χ4v) is 3.21. The molecular weight excluding hydrogens is 350 g/mol. The fourth-order valence-electron chi connectivity index (χ4n) is 2.07. The van der Waals surface area contributed by atoms with Crippen LogP contribution in [0.25, 0.3) is 21.1 Å². The number of hydrogen-bond acceptors (Lipinski definition) is 4. The Morgan fingerprint density at radius 3 is 2.95 bits per heavy atom. The average molecular weight is 362 g/mol. The van der Waals surface area contributed by atoms with Gasteiger partial charge in [-0.15, -0.1) is 11.3 Å². The highest BCUT2D eigenvalue weighted by Crippen LogP contribution is 2.34. The van der Waals surface area contributed by atoms with E-state index in [0.717, 1.165) is 21.1 Å². The van der Waals surface area contributed by atoms with Gasteiger partial charge in [-0.3, -0.25) is 4.79 Å². The van der Waals surface area contributed by atoms with Crippen molar-refractivity contribution in [1.82, 2.24) is 10.3 Å². The quantitative estimate of drug-likeness (QED) is 0.747. The van der Waals surface area contributed by atoms with Crippen LogP contribution in [-0.4, -0.2) is 17.4 Å². The molecule has 0 bridgehead atoms. The standard InChI is InChI=1S/C15H12BrN3OS/c1-8(16)7-18-14(20)13-12(17)10-6-9-4-2-3-5-11(9)19-15(10)21-13/h2-6H,1,7,17H2,(H,18,20). The van der Waals surface area contributed by atoms with Crippen LogP contribution in [0.1, 0.15) is 9.67 Å². The zero-order valence-electron chi connectivity index (χ0n) is 11.0. The molecule has 0 saturated heterocycles. The number of halogens is 1. The van der Waals surface area contributed by atoms with Crippen molar-refractivity contribution in [3.05, 3.63) is 46.3 Å². The van der Waals surface area contributed by atoms with Crippen LogP contribution in [0.5, 0.6) is 0 Å². The van der Waals surface area contributed by atoms with Crippen molar-refractivity contribution in [3.63, 3.8) is 0 Å². The summed E-state index contributed by atoms with van der Waals surface area (Å²) in [5.74, 6) is -0.208. The number of carbonyl (C=O) groups excluding carboxylic acids is 1. The third-order valence-electron chi connectivity index (χ3n) is 3.07. The zero-order chi connectivity index (χ0) is 15.0. The molecule has 2 aromatic heterocycles. The predicted octanol–water partition coefficient (Wildman–Crippen LogP) is 3.67. The molecule has 0 atom stereocenters. The minimum absolute atomic E-state index is 0.208. The van der Waals surface area contributed by atoms with E-state index < -0.39 is 0 Å². The van der Waals surface area contributed by atoms with E-state index in [1.807, 2.05) is 30.3 Å². The molecule has 0 spiro atoms.